The molecule has 23 heavy (non-hydrogen) atoms. The molecule has 0 aromatic heterocycles. The first-order valence-electron chi connectivity index (χ1n) is 8.34. The first-order valence-corrected chi connectivity index (χ1v) is 9.42. The van der Waals surface area contributed by atoms with E-state index < -0.39 is 6.04 Å². The molecule has 2 rings (SSSR count). The Kier molecular flexibility index (Phi) is 6.87. The van der Waals surface area contributed by atoms with Gasteiger partial charge in [0.25, 0.3) is 0 Å². The zero-order valence-corrected chi connectivity index (χ0v) is 15.9. The molecule has 0 unspecified atom stereocenters. The molecule has 2 amide bonds. The van der Waals surface area contributed by atoms with E-state index in [9.17, 15) is 9.59 Å². The monoisotopic (exact) mass is 428 g/mol. The van der Waals surface area contributed by atoms with Gasteiger partial charge < -0.3 is 10.6 Å². The average molecular weight is 428 g/mol. The number of hydrogen-bond donors (Lipinski definition) is 2. The smallest absolute Gasteiger partial charge is 0.247 e. The Morgan fingerprint density at radius 1 is 1.09 bits per heavy atom. The van der Waals surface area contributed by atoms with Crippen LogP contribution in [0.3, 0.4) is 0 Å². The van der Waals surface area contributed by atoms with Crippen LogP contribution in [0.25, 0.3) is 0 Å². The summed E-state index contributed by atoms with van der Waals surface area (Å²) < 4.78 is 1.12. The first kappa shape index (κ1) is 18.2. The Hall–Kier alpha value is -1.11. The maximum absolute atomic E-state index is 12.5. The Bertz CT molecular complexity index is 536. The molecule has 126 valence electrons. The van der Waals surface area contributed by atoms with E-state index in [0.717, 1.165) is 34.9 Å². The van der Waals surface area contributed by atoms with Crippen molar-refractivity contribution in [3.05, 3.63) is 27.8 Å². The number of hydrogen-bond acceptors (Lipinski definition) is 2. The van der Waals surface area contributed by atoms with Gasteiger partial charge in [-0.05, 0) is 65.6 Å². The Morgan fingerprint density at radius 2 is 1.70 bits per heavy atom. The summed E-state index contributed by atoms with van der Waals surface area (Å²) in [6.07, 6.45) is 5.31. The summed E-state index contributed by atoms with van der Waals surface area (Å²) in [6.45, 7) is 3.92. The third-order valence-electron chi connectivity index (χ3n) is 4.33. The number of carbonyl (C=O) groups excluding carboxylic acids is 2. The van der Waals surface area contributed by atoms with Crippen molar-refractivity contribution in [2.45, 2.75) is 52.0 Å². The highest BCUT2D eigenvalue weighted by molar-refractivity contribution is 14.1. The summed E-state index contributed by atoms with van der Waals surface area (Å²) >= 11 is 2.23. The van der Waals surface area contributed by atoms with E-state index in [-0.39, 0.29) is 23.7 Å². The van der Waals surface area contributed by atoms with Gasteiger partial charge in [-0.25, -0.2) is 0 Å². The highest BCUT2D eigenvalue weighted by atomic mass is 127. The molecule has 0 radical (unpaired) electrons. The minimum atomic E-state index is -0.497. The predicted octanol–water partition coefficient (Wildman–Crippen LogP) is 3.95. The second-order valence-electron chi connectivity index (χ2n) is 6.56. The number of carbonyl (C=O) groups is 2. The summed E-state index contributed by atoms with van der Waals surface area (Å²) in [6, 6.07) is 7.14. The number of rotatable bonds is 5. The Balaban J connectivity index is 1.97. The molecule has 4 nitrogen and oxygen atoms in total. The molecule has 1 aliphatic carbocycles. The van der Waals surface area contributed by atoms with Crippen molar-refractivity contribution >= 4 is 40.1 Å². The Morgan fingerprint density at radius 3 is 2.26 bits per heavy atom. The predicted molar refractivity (Wildman–Crippen MR) is 101 cm³/mol. The second-order valence-corrected chi connectivity index (χ2v) is 7.81. The van der Waals surface area contributed by atoms with Gasteiger partial charge in [-0.15, -0.1) is 0 Å². The molecule has 1 aliphatic rings. The molecule has 1 saturated carbocycles. The lowest BCUT2D eigenvalue weighted by Crippen LogP contribution is -2.49. The molecule has 5 heteroatoms. The molecular formula is C18H25IN2O2. The number of anilines is 1. The number of nitrogens with one attached hydrogen (secondary N) is 2. The average Bonchev–Trinajstić information content (AvgIpc) is 2.55. The molecular weight excluding hydrogens is 403 g/mol. The molecule has 1 aromatic carbocycles. The zero-order valence-electron chi connectivity index (χ0n) is 13.8. The van der Waals surface area contributed by atoms with Crippen LogP contribution in [-0.4, -0.2) is 17.9 Å². The van der Waals surface area contributed by atoms with E-state index in [4.69, 9.17) is 0 Å². The lowest BCUT2D eigenvalue weighted by molar-refractivity contribution is -0.130. The molecule has 1 aromatic rings. The van der Waals surface area contributed by atoms with Gasteiger partial charge in [0.2, 0.25) is 11.8 Å². The third-order valence-corrected chi connectivity index (χ3v) is 5.05. The van der Waals surface area contributed by atoms with Crippen LogP contribution < -0.4 is 10.6 Å². The molecule has 1 atom stereocenters. The van der Waals surface area contributed by atoms with Crippen molar-refractivity contribution in [3.8, 4) is 0 Å². The minimum Gasteiger partial charge on any atom is -0.344 e. The topological polar surface area (TPSA) is 58.2 Å². The van der Waals surface area contributed by atoms with Gasteiger partial charge in [-0.2, -0.15) is 0 Å². The van der Waals surface area contributed by atoms with Gasteiger partial charge in [-0.1, -0.05) is 33.1 Å². The maximum atomic E-state index is 12.5. The summed E-state index contributed by atoms with van der Waals surface area (Å²) in [5.41, 5.74) is 0.757. The SMILES string of the molecule is CC(C)[C@H](NC(=O)C1CCCCC1)C(=O)Nc1ccc(I)cc1. The van der Waals surface area contributed by atoms with Crippen molar-refractivity contribution in [2.75, 3.05) is 5.32 Å². The van der Waals surface area contributed by atoms with Crippen molar-refractivity contribution in [1.29, 1.82) is 0 Å². The summed E-state index contributed by atoms with van der Waals surface area (Å²) in [4.78, 5) is 25.0. The minimum absolute atomic E-state index is 0.0289. The standard InChI is InChI=1S/C18H25IN2O2/c1-12(2)16(21-17(22)13-6-4-3-5-7-13)18(23)20-15-10-8-14(19)9-11-15/h8-13,16H,3-7H2,1-2H3,(H,20,23)(H,21,22)/t16-/m0/s1. The van der Waals surface area contributed by atoms with Crippen LogP contribution in [0, 0.1) is 15.4 Å². The van der Waals surface area contributed by atoms with Crippen molar-refractivity contribution in [2.24, 2.45) is 11.8 Å². The van der Waals surface area contributed by atoms with Gasteiger partial charge >= 0.3 is 0 Å². The van der Waals surface area contributed by atoms with Crippen LogP contribution in [-0.2, 0) is 9.59 Å². The number of halogens is 1. The molecule has 0 aliphatic heterocycles. The Labute approximate surface area is 151 Å². The molecule has 0 heterocycles. The molecule has 1 fully saturated rings. The fraction of sp³-hybridized carbons (Fsp3) is 0.556. The first-order chi connectivity index (χ1) is 11.0. The molecule has 0 saturated heterocycles. The van der Waals surface area contributed by atoms with Gasteiger partial charge in [0.15, 0.2) is 0 Å². The number of benzene rings is 1. The second kappa shape index (κ2) is 8.66. The fourth-order valence-corrected chi connectivity index (χ4v) is 3.28. The quantitative estimate of drug-likeness (QED) is 0.698. The van der Waals surface area contributed by atoms with Crippen LogP contribution >= 0.6 is 22.6 Å². The largest absolute Gasteiger partial charge is 0.344 e. The third kappa shape index (κ3) is 5.48. The fourth-order valence-electron chi connectivity index (χ4n) is 2.92. The van der Waals surface area contributed by atoms with E-state index in [0.29, 0.717) is 0 Å². The van der Waals surface area contributed by atoms with E-state index >= 15 is 0 Å². The zero-order chi connectivity index (χ0) is 16.8. The summed E-state index contributed by atoms with van der Waals surface area (Å²) in [5, 5.41) is 5.87. The van der Waals surface area contributed by atoms with Crippen molar-refractivity contribution < 1.29 is 9.59 Å². The van der Waals surface area contributed by atoms with Gasteiger partial charge in [0, 0.05) is 15.2 Å². The van der Waals surface area contributed by atoms with Crippen LogP contribution in [0.4, 0.5) is 5.69 Å². The van der Waals surface area contributed by atoms with Crippen molar-refractivity contribution in [3.63, 3.8) is 0 Å². The number of amides is 2. The molecule has 2 N–H and O–H groups in total. The van der Waals surface area contributed by atoms with Gasteiger partial charge in [0.05, 0.1) is 0 Å². The van der Waals surface area contributed by atoms with E-state index in [1.807, 2.05) is 38.1 Å². The van der Waals surface area contributed by atoms with E-state index in [1.54, 1.807) is 0 Å². The summed E-state index contributed by atoms with van der Waals surface area (Å²) in [5.74, 6) is -0.00554. The van der Waals surface area contributed by atoms with Crippen molar-refractivity contribution in [1.82, 2.24) is 5.32 Å². The highest BCUT2D eigenvalue weighted by Crippen LogP contribution is 2.24. The maximum Gasteiger partial charge on any atom is 0.247 e. The van der Waals surface area contributed by atoms with Gasteiger partial charge in [-0.3, -0.25) is 9.59 Å². The molecule has 0 spiro atoms. The highest BCUT2D eigenvalue weighted by Gasteiger charge is 2.28. The van der Waals surface area contributed by atoms with E-state index in [1.165, 1.54) is 6.42 Å². The van der Waals surface area contributed by atoms with E-state index in [2.05, 4.69) is 33.2 Å². The van der Waals surface area contributed by atoms with Crippen LogP contribution in [0.15, 0.2) is 24.3 Å². The van der Waals surface area contributed by atoms with Crippen LogP contribution in [0.1, 0.15) is 46.0 Å². The van der Waals surface area contributed by atoms with Crippen LogP contribution in [0.2, 0.25) is 0 Å². The van der Waals surface area contributed by atoms with Crippen LogP contribution in [0.5, 0.6) is 0 Å². The lowest BCUT2D eigenvalue weighted by Gasteiger charge is -2.26. The van der Waals surface area contributed by atoms with Gasteiger partial charge in [0.1, 0.15) is 6.04 Å². The lowest BCUT2D eigenvalue weighted by atomic mass is 9.88. The normalized spacial score (nSPS) is 16.9. The molecule has 0 bridgehead atoms. The summed E-state index contributed by atoms with van der Waals surface area (Å²) in [7, 11) is 0.